The van der Waals surface area contributed by atoms with Gasteiger partial charge in [0.25, 0.3) is 0 Å². The highest BCUT2D eigenvalue weighted by molar-refractivity contribution is 6.24. The van der Waals surface area contributed by atoms with Crippen LogP contribution in [0.25, 0.3) is 87.6 Å². The molecule has 1 heterocycles. The number of hydrogen-bond donors (Lipinski definition) is 0. The Morgan fingerprint density at radius 2 is 1.05 bits per heavy atom. The van der Waals surface area contributed by atoms with E-state index in [1.807, 2.05) is 0 Å². The highest BCUT2D eigenvalue weighted by atomic mass is 16.3. The van der Waals surface area contributed by atoms with Crippen LogP contribution in [0.4, 0.5) is 0 Å². The lowest BCUT2D eigenvalue weighted by molar-refractivity contribution is 0.669. The monoisotopic (exact) mass is 559 g/mol. The lowest BCUT2D eigenvalue weighted by atomic mass is 9.84. The van der Waals surface area contributed by atoms with Crippen LogP contribution in [0.1, 0.15) is 17.8 Å². The molecule has 0 atom stereocenters. The van der Waals surface area contributed by atoms with Crippen LogP contribution in [0.5, 0.6) is 0 Å². The van der Waals surface area contributed by atoms with E-state index in [-0.39, 0.29) is 85.7 Å². The molecule has 1 aromatic heterocycles. The molecule has 0 amide bonds. The number of fused-ring (bicyclic) bond motifs is 6. The van der Waals surface area contributed by atoms with E-state index in [0.29, 0.717) is 38.2 Å². The van der Waals surface area contributed by atoms with Crippen LogP contribution in [-0.2, 0) is 0 Å². The SMILES string of the molecule is [2H]c1c(-c2c3ccccc3c(-c3c([2H])c([2H])c([2H])c4c([2H])c([2H])c([2H])c([2H])c34)c3ccccc23)c([2H])c2c(oc3c([2H])c(-c4ccccc4)c([2H])c([2H])c32)c1[2H]. The van der Waals surface area contributed by atoms with Gasteiger partial charge in [0, 0.05) is 10.8 Å². The average Bonchev–Trinajstić information content (AvgIpc) is 3.62. The Hall–Kier alpha value is -5.66. The number of hydrogen-bond acceptors (Lipinski definition) is 1. The molecule has 8 aromatic carbocycles. The molecule has 9 rings (SSSR count). The molecular weight excluding hydrogens is 520 g/mol. The zero-order valence-electron chi connectivity index (χ0n) is 35.4. The molecule has 200 valence electrons. The number of furan rings is 1. The highest BCUT2D eigenvalue weighted by Gasteiger charge is 2.19. The molecule has 0 saturated heterocycles. The van der Waals surface area contributed by atoms with Crippen molar-refractivity contribution in [1.82, 2.24) is 0 Å². The van der Waals surface area contributed by atoms with Gasteiger partial charge in [0.2, 0.25) is 0 Å². The van der Waals surface area contributed by atoms with E-state index >= 15 is 0 Å². The lowest BCUT2D eigenvalue weighted by Gasteiger charge is -2.18. The van der Waals surface area contributed by atoms with E-state index in [9.17, 15) is 5.48 Å². The minimum absolute atomic E-state index is 0.0116. The van der Waals surface area contributed by atoms with E-state index in [1.165, 1.54) is 0 Å². The van der Waals surface area contributed by atoms with E-state index in [4.69, 9.17) is 16.8 Å². The van der Waals surface area contributed by atoms with Gasteiger partial charge < -0.3 is 4.42 Å². The van der Waals surface area contributed by atoms with E-state index < -0.39 is 42.3 Å². The summed E-state index contributed by atoms with van der Waals surface area (Å²) < 4.78 is 123. The van der Waals surface area contributed by atoms with Gasteiger partial charge in [0.1, 0.15) is 11.2 Å². The van der Waals surface area contributed by atoms with Crippen molar-refractivity contribution in [3.8, 4) is 33.4 Å². The van der Waals surface area contributed by atoms with Gasteiger partial charge in [0.15, 0.2) is 0 Å². The molecule has 1 nitrogen and oxygen atoms in total. The number of benzene rings is 8. The van der Waals surface area contributed by atoms with Gasteiger partial charge in [-0.25, -0.2) is 0 Å². The molecule has 0 saturated carbocycles. The van der Waals surface area contributed by atoms with Gasteiger partial charge in [-0.1, -0.05) is 133 Å². The van der Waals surface area contributed by atoms with Crippen molar-refractivity contribution in [2.75, 3.05) is 0 Å². The maximum atomic E-state index is 9.70. The van der Waals surface area contributed by atoms with E-state index in [2.05, 4.69) is 0 Å². The van der Waals surface area contributed by atoms with Crippen LogP contribution in [0.15, 0.2) is 162 Å². The first-order valence-electron chi connectivity index (χ1n) is 20.2. The molecule has 0 fully saturated rings. The Bertz CT molecular complexity index is 3160. The summed E-state index contributed by atoms with van der Waals surface area (Å²) in [6.45, 7) is 0. The predicted octanol–water partition coefficient (Wildman–Crippen LogP) is 12.0. The van der Waals surface area contributed by atoms with Crippen LogP contribution in [-0.4, -0.2) is 0 Å². The van der Waals surface area contributed by atoms with Gasteiger partial charge >= 0.3 is 0 Å². The van der Waals surface area contributed by atoms with E-state index in [1.54, 1.807) is 78.9 Å². The summed E-state index contributed by atoms with van der Waals surface area (Å²) in [4.78, 5) is 0. The standard InChI is InChI=1S/C42H26O/c1-2-11-27(12-3-1)29-21-23-32-38-25-30(22-24-39(38)43-40(32)26-29)41-34-16-6-8-18-36(34)42(37-19-9-7-17-35(37)41)33-20-10-14-28-13-4-5-15-31(28)33/h1-26H/i4D,5D,10D,13D,14D,15D,20D,21D,22D,23D,24D,25D,26D. The fraction of sp³-hybridized carbons (Fsp3) is 0. The summed E-state index contributed by atoms with van der Waals surface area (Å²) in [5, 5.41) is 1.60. The topological polar surface area (TPSA) is 13.1 Å². The second-order valence-electron chi connectivity index (χ2n) is 10.2. The normalized spacial score (nSPS) is 16.0. The van der Waals surface area contributed by atoms with E-state index in [0.717, 1.165) is 0 Å². The van der Waals surface area contributed by atoms with Crippen molar-refractivity contribution in [3.63, 3.8) is 0 Å². The maximum absolute atomic E-state index is 9.70. The van der Waals surface area contributed by atoms with Crippen LogP contribution >= 0.6 is 0 Å². The van der Waals surface area contributed by atoms with Crippen molar-refractivity contribution in [3.05, 3.63) is 157 Å². The van der Waals surface area contributed by atoms with Crippen molar-refractivity contribution >= 4 is 54.3 Å². The third-order valence-electron chi connectivity index (χ3n) is 7.82. The van der Waals surface area contributed by atoms with Gasteiger partial charge in [-0.05, 0) is 89.9 Å². The van der Waals surface area contributed by atoms with Gasteiger partial charge in [-0.15, -0.1) is 0 Å². The average molecular weight is 560 g/mol. The second-order valence-corrected chi connectivity index (χ2v) is 10.2. The fourth-order valence-corrected chi connectivity index (χ4v) is 5.93. The smallest absolute Gasteiger partial charge is 0.136 e. The van der Waals surface area contributed by atoms with Gasteiger partial charge in [-0.2, -0.15) is 0 Å². The Labute approximate surface area is 267 Å². The minimum atomic E-state index is -0.564. The molecular formula is C42H26O. The van der Waals surface area contributed by atoms with Crippen LogP contribution in [0.2, 0.25) is 0 Å². The summed E-state index contributed by atoms with van der Waals surface area (Å²) in [6.07, 6.45) is 0. The third kappa shape index (κ3) is 3.72. The van der Waals surface area contributed by atoms with Crippen molar-refractivity contribution in [1.29, 1.82) is 0 Å². The van der Waals surface area contributed by atoms with Crippen LogP contribution in [0.3, 0.4) is 0 Å². The summed E-state index contributed by atoms with van der Waals surface area (Å²) in [6, 6.07) is 17.5. The second kappa shape index (κ2) is 9.44. The first-order valence-corrected chi connectivity index (χ1v) is 13.7. The fourth-order valence-electron chi connectivity index (χ4n) is 5.93. The van der Waals surface area contributed by atoms with Gasteiger partial charge in [0.05, 0.1) is 17.8 Å². The largest absolute Gasteiger partial charge is 0.456 e. The molecule has 0 radical (unpaired) electrons. The van der Waals surface area contributed by atoms with Gasteiger partial charge in [-0.3, -0.25) is 0 Å². The molecule has 0 aliphatic rings. The molecule has 43 heavy (non-hydrogen) atoms. The molecule has 0 bridgehead atoms. The van der Waals surface area contributed by atoms with Crippen LogP contribution < -0.4 is 0 Å². The molecule has 0 unspecified atom stereocenters. The highest BCUT2D eigenvalue weighted by Crippen LogP contribution is 2.46. The molecule has 0 aliphatic heterocycles. The minimum Gasteiger partial charge on any atom is -0.456 e. The first-order chi connectivity index (χ1) is 26.8. The summed E-state index contributed by atoms with van der Waals surface area (Å²) in [5.74, 6) is 0. The zero-order valence-corrected chi connectivity index (χ0v) is 22.4. The number of rotatable bonds is 3. The molecule has 1 heteroatoms. The Morgan fingerprint density at radius 1 is 0.395 bits per heavy atom. The summed E-state index contributed by atoms with van der Waals surface area (Å²) >= 11 is 0. The quantitative estimate of drug-likeness (QED) is 0.196. The Morgan fingerprint density at radius 3 is 1.81 bits per heavy atom. The first kappa shape index (κ1) is 14.5. The molecule has 0 spiro atoms. The van der Waals surface area contributed by atoms with Crippen LogP contribution in [0, 0.1) is 0 Å². The van der Waals surface area contributed by atoms with Crippen molar-refractivity contribution in [2.24, 2.45) is 0 Å². The Balaban J connectivity index is 1.46. The summed E-state index contributed by atoms with van der Waals surface area (Å²) in [5.41, 5.74) is 1.23. The third-order valence-corrected chi connectivity index (χ3v) is 7.82. The Kier molecular flexibility index (Phi) is 3.18. The predicted molar refractivity (Wildman–Crippen MR) is 183 cm³/mol. The van der Waals surface area contributed by atoms with Crippen molar-refractivity contribution < 1.29 is 22.2 Å². The lowest BCUT2D eigenvalue weighted by Crippen LogP contribution is -1.91. The summed E-state index contributed by atoms with van der Waals surface area (Å²) in [7, 11) is 0. The van der Waals surface area contributed by atoms with Crippen molar-refractivity contribution in [2.45, 2.75) is 0 Å². The maximum Gasteiger partial charge on any atom is 0.136 e. The molecule has 9 aromatic rings. The molecule has 0 N–H and O–H groups in total. The zero-order chi connectivity index (χ0) is 39.6. The molecule has 0 aliphatic carbocycles.